The van der Waals surface area contributed by atoms with E-state index in [-0.39, 0.29) is 0 Å². The zero-order valence-electron chi connectivity index (χ0n) is 18.8. The van der Waals surface area contributed by atoms with Crippen LogP contribution in [0.25, 0.3) is 33.4 Å². The molecule has 0 saturated heterocycles. The molecule has 0 aliphatic rings. The summed E-state index contributed by atoms with van der Waals surface area (Å²) in [6.07, 6.45) is 0. The SMILES string of the molecule is Fc1c(F)c(F)c(-c2c(F)c(F)c(-c3c(F)c(F)c(F)c(F)c3F)c(-c3c(F)c(F)c(F)c(F)c3F)c2F)c(F)c1F. The monoisotopic (exact) mass is 630 g/mol. The Kier molecular flexibility index (Phi) is 7.40. The van der Waals surface area contributed by atoms with Crippen LogP contribution in [0, 0.1) is 105 Å². The first-order valence-corrected chi connectivity index (χ1v) is 10.2. The molecule has 0 nitrogen and oxygen atoms in total. The first-order valence-electron chi connectivity index (χ1n) is 10.2. The Bertz CT molecular complexity index is 1770. The molecule has 0 aliphatic carbocycles. The molecule has 0 unspecified atom stereocenters. The van der Waals surface area contributed by atoms with Crippen molar-refractivity contribution in [3.8, 4) is 33.4 Å². The predicted molar refractivity (Wildman–Crippen MR) is 102 cm³/mol. The van der Waals surface area contributed by atoms with Gasteiger partial charge in [0.2, 0.25) is 17.5 Å². The van der Waals surface area contributed by atoms with E-state index in [0.717, 1.165) is 0 Å². The molecule has 4 aromatic rings. The van der Waals surface area contributed by atoms with Gasteiger partial charge in [0.15, 0.2) is 81.4 Å². The highest BCUT2D eigenvalue weighted by Gasteiger charge is 2.40. The quantitative estimate of drug-likeness (QED) is 0.120. The summed E-state index contributed by atoms with van der Waals surface area (Å²) in [6, 6.07) is 0. The van der Waals surface area contributed by atoms with E-state index >= 15 is 13.2 Å². The summed E-state index contributed by atoms with van der Waals surface area (Å²) in [5.41, 5.74) is -17.0. The molecule has 0 spiro atoms. The zero-order valence-corrected chi connectivity index (χ0v) is 18.8. The molecular formula is C24F18. The highest BCUT2D eigenvalue weighted by Crippen LogP contribution is 2.48. The molecule has 42 heavy (non-hydrogen) atoms. The van der Waals surface area contributed by atoms with E-state index in [1.165, 1.54) is 0 Å². The van der Waals surface area contributed by atoms with Gasteiger partial charge in [-0.3, -0.25) is 0 Å². The van der Waals surface area contributed by atoms with Gasteiger partial charge in [0, 0.05) is 11.1 Å². The smallest absolute Gasteiger partial charge is 0.200 e. The van der Waals surface area contributed by atoms with Crippen molar-refractivity contribution < 1.29 is 79.0 Å². The van der Waals surface area contributed by atoms with Crippen molar-refractivity contribution >= 4 is 0 Å². The standard InChI is InChI=1S/C24F18/c25-7-1(3-10(28)16(34)22(40)17(35)11(3)29)2(4-12(30)18(36)23(41)19(37)13(4)31)8(26)9(27)5(7)6-14(32)20(38)24(42)21(39)15(6)33. The lowest BCUT2D eigenvalue weighted by Gasteiger charge is -2.20. The van der Waals surface area contributed by atoms with Crippen LogP contribution in [0.2, 0.25) is 0 Å². The van der Waals surface area contributed by atoms with Gasteiger partial charge >= 0.3 is 0 Å². The van der Waals surface area contributed by atoms with Crippen LogP contribution in [0.3, 0.4) is 0 Å². The van der Waals surface area contributed by atoms with Gasteiger partial charge < -0.3 is 0 Å². The predicted octanol–water partition coefficient (Wildman–Crippen LogP) is 9.19. The average Bonchev–Trinajstić information content (AvgIpc) is 2.96. The van der Waals surface area contributed by atoms with Gasteiger partial charge in [-0.15, -0.1) is 0 Å². The topological polar surface area (TPSA) is 0 Å². The van der Waals surface area contributed by atoms with E-state index in [4.69, 9.17) is 0 Å². The van der Waals surface area contributed by atoms with E-state index in [9.17, 15) is 65.9 Å². The fourth-order valence-electron chi connectivity index (χ4n) is 3.82. The van der Waals surface area contributed by atoms with Crippen LogP contribution in [0.5, 0.6) is 0 Å². The van der Waals surface area contributed by atoms with Gasteiger partial charge in [-0.1, -0.05) is 0 Å². The summed E-state index contributed by atoms with van der Waals surface area (Å²) < 4.78 is 257. The summed E-state index contributed by atoms with van der Waals surface area (Å²) in [6.45, 7) is 0. The molecule has 0 atom stereocenters. The number of hydrogen-bond donors (Lipinski definition) is 0. The Morgan fingerprint density at radius 3 is 0.500 bits per heavy atom. The van der Waals surface area contributed by atoms with Crippen molar-refractivity contribution in [1.82, 2.24) is 0 Å². The second-order valence-electron chi connectivity index (χ2n) is 7.90. The molecule has 0 aliphatic heterocycles. The molecule has 0 amide bonds. The van der Waals surface area contributed by atoms with Crippen LogP contribution in [0.4, 0.5) is 79.0 Å². The van der Waals surface area contributed by atoms with Crippen molar-refractivity contribution in [1.29, 1.82) is 0 Å². The molecule has 0 heterocycles. The Morgan fingerprint density at radius 1 is 0.119 bits per heavy atom. The van der Waals surface area contributed by atoms with E-state index in [0.29, 0.717) is 0 Å². The average molecular weight is 630 g/mol. The second kappa shape index (κ2) is 10.2. The van der Waals surface area contributed by atoms with Gasteiger partial charge in [0.05, 0.1) is 22.3 Å². The van der Waals surface area contributed by atoms with Gasteiger partial charge in [-0.05, 0) is 0 Å². The molecule has 0 radical (unpaired) electrons. The van der Waals surface area contributed by atoms with E-state index in [1.807, 2.05) is 0 Å². The third-order valence-corrected chi connectivity index (χ3v) is 5.70. The number of halogens is 18. The highest BCUT2D eigenvalue weighted by molar-refractivity contribution is 5.90. The summed E-state index contributed by atoms with van der Waals surface area (Å²) >= 11 is 0. The highest BCUT2D eigenvalue weighted by atomic mass is 19.2. The molecule has 0 fully saturated rings. The van der Waals surface area contributed by atoms with Crippen LogP contribution >= 0.6 is 0 Å². The molecule has 18 heteroatoms. The largest absolute Gasteiger partial charge is 0.205 e. The van der Waals surface area contributed by atoms with Crippen LogP contribution in [-0.2, 0) is 0 Å². The van der Waals surface area contributed by atoms with Crippen LogP contribution < -0.4 is 0 Å². The van der Waals surface area contributed by atoms with Crippen molar-refractivity contribution in [2.75, 3.05) is 0 Å². The minimum atomic E-state index is -3.28. The second-order valence-corrected chi connectivity index (χ2v) is 7.90. The van der Waals surface area contributed by atoms with E-state index in [1.54, 1.807) is 0 Å². The third-order valence-electron chi connectivity index (χ3n) is 5.70. The van der Waals surface area contributed by atoms with Crippen molar-refractivity contribution in [3.63, 3.8) is 0 Å². The zero-order chi connectivity index (χ0) is 31.9. The van der Waals surface area contributed by atoms with Crippen LogP contribution in [-0.4, -0.2) is 0 Å². The summed E-state index contributed by atoms with van der Waals surface area (Å²) in [5, 5.41) is 0. The maximum atomic E-state index is 15.8. The summed E-state index contributed by atoms with van der Waals surface area (Å²) in [5.74, 6) is -56.2. The fraction of sp³-hybridized carbons (Fsp3) is 0. The molecule has 0 bridgehead atoms. The maximum absolute atomic E-state index is 15.8. The first-order chi connectivity index (χ1) is 19.4. The molecule has 222 valence electrons. The Morgan fingerprint density at radius 2 is 0.238 bits per heavy atom. The van der Waals surface area contributed by atoms with Crippen molar-refractivity contribution in [2.24, 2.45) is 0 Å². The molecular weight excluding hydrogens is 630 g/mol. The van der Waals surface area contributed by atoms with Crippen LogP contribution in [0.15, 0.2) is 0 Å². The molecule has 4 rings (SSSR count). The molecule has 0 aromatic heterocycles. The van der Waals surface area contributed by atoms with Gasteiger partial charge in [-0.25, -0.2) is 79.0 Å². The number of rotatable bonds is 3. The third kappa shape index (κ3) is 3.98. The first kappa shape index (κ1) is 30.6. The minimum Gasteiger partial charge on any atom is -0.205 e. The minimum absolute atomic E-state index is 2.78. The van der Waals surface area contributed by atoms with Gasteiger partial charge in [0.1, 0.15) is 5.82 Å². The summed E-state index contributed by atoms with van der Waals surface area (Å²) in [7, 11) is 0. The van der Waals surface area contributed by atoms with Crippen molar-refractivity contribution in [2.45, 2.75) is 0 Å². The van der Waals surface area contributed by atoms with E-state index in [2.05, 4.69) is 0 Å². The number of hydrogen-bond acceptors (Lipinski definition) is 0. The lowest BCUT2D eigenvalue weighted by molar-refractivity contribution is 0.378. The fourth-order valence-corrected chi connectivity index (χ4v) is 3.82. The summed E-state index contributed by atoms with van der Waals surface area (Å²) in [4.78, 5) is 0. The van der Waals surface area contributed by atoms with Crippen molar-refractivity contribution in [3.05, 3.63) is 105 Å². The molecule has 0 N–H and O–H groups in total. The Hall–Kier alpha value is -4.38. The normalized spacial score (nSPS) is 11.6. The Labute approximate surface area is 218 Å². The maximum Gasteiger partial charge on any atom is 0.200 e. The lowest BCUT2D eigenvalue weighted by Crippen LogP contribution is -2.13. The number of benzene rings is 4. The van der Waals surface area contributed by atoms with Gasteiger partial charge in [-0.2, -0.15) is 0 Å². The van der Waals surface area contributed by atoms with E-state index < -0.39 is 138 Å². The lowest BCUT2D eigenvalue weighted by atomic mass is 9.87. The van der Waals surface area contributed by atoms with Crippen LogP contribution in [0.1, 0.15) is 0 Å². The van der Waals surface area contributed by atoms with Gasteiger partial charge in [0.25, 0.3) is 0 Å². The molecule has 0 saturated carbocycles. The molecule has 4 aromatic carbocycles. The Balaban J connectivity index is 2.41.